The number of thiophene rings is 1. The lowest BCUT2D eigenvalue weighted by Gasteiger charge is -2.23. The lowest BCUT2D eigenvalue weighted by molar-refractivity contribution is -0.152. The topological polar surface area (TPSA) is 84.9 Å². The first-order chi connectivity index (χ1) is 8.68. The average Bonchev–Trinajstić information content (AvgIpc) is 2.90. The molecule has 1 fully saturated rings. The molecule has 18 heavy (non-hydrogen) atoms. The number of carbonyl (C=O) groups is 2. The van der Waals surface area contributed by atoms with Gasteiger partial charge in [-0.3, -0.25) is 4.79 Å². The van der Waals surface area contributed by atoms with Crippen LogP contribution in [0.2, 0.25) is 0 Å². The summed E-state index contributed by atoms with van der Waals surface area (Å²) < 4.78 is 10.3. The molecule has 2 atom stereocenters. The van der Waals surface area contributed by atoms with E-state index in [2.05, 4.69) is 5.32 Å². The van der Waals surface area contributed by atoms with Gasteiger partial charge in [-0.05, 0) is 11.4 Å². The van der Waals surface area contributed by atoms with Crippen molar-refractivity contribution in [2.45, 2.75) is 12.1 Å². The first-order valence-electron chi connectivity index (χ1n) is 5.44. The highest BCUT2D eigenvalue weighted by molar-refractivity contribution is 7.10. The smallest absolute Gasteiger partial charge is 0.331 e. The Kier molecular flexibility index (Phi) is 4.29. The first-order valence-corrected chi connectivity index (χ1v) is 6.32. The number of carboxylic acid groups (broad SMARTS) is 1. The quantitative estimate of drug-likeness (QED) is 0.828. The molecule has 2 N–H and O–H groups in total. The van der Waals surface area contributed by atoms with Crippen molar-refractivity contribution in [1.82, 2.24) is 5.32 Å². The SMILES string of the molecule is O=C(NC(C(=O)O)c1cccs1)C1COCCO1. The normalized spacial score (nSPS) is 21.2. The molecule has 0 aromatic carbocycles. The number of amides is 1. The number of rotatable bonds is 4. The number of ether oxygens (including phenoxy) is 2. The van der Waals surface area contributed by atoms with E-state index in [1.54, 1.807) is 17.5 Å². The molecule has 1 saturated heterocycles. The van der Waals surface area contributed by atoms with Crippen molar-refractivity contribution < 1.29 is 24.2 Å². The van der Waals surface area contributed by atoms with Gasteiger partial charge in [0.15, 0.2) is 12.1 Å². The van der Waals surface area contributed by atoms with Crippen molar-refractivity contribution in [2.75, 3.05) is 19.8 Å². The van der Waals surface area contributed by atoms with Crippen LogP contribution < -0.4 is 5.32 Å². The van der Waals surface area contributed by atoms with Crippen LogP contribution in [0.5, 0.6) is 0 Å². The third-order valence-electron chi connectivity index (χ3n) is 2.47. The third kappa shape index (κ3) is 3.06. The van der Waals surface area contributed by atoms with Crippen LogP contribution in [0.1, 0.15) is 10.9 Å². The van der Waals surface area contributed by atoms with E-state index in [4.69, 9.17) is 14.6 Å². The van der Waals surface area contributed by atoms with E-state index >= 15 is 0 Å². The Morgan fingerprint density at radius 1 is 1.50 bits per heavy atom. The van der Waals surface area contributed by atoms with E-state index in [1.165, 1.54) is 11.3 Å². The number of aliphatic carboxylic acids is 1. The number of carbonyl (C=O) groups excluding carboxylic acids is 1. The summed E-state index contributed by atoms with van der Waals surface area (Å²) in [6.45, 7) is 0.953. The van der Waals surface area contributed by atoms with Gasteiger partial charge in [-0.1, -0.05) is 6.07 Å². The summed E-state index contributed by atoms with van der Waals surface area (Å²) in [6.07, 6.45) is -0.736. The van der Waals surface area contributed by atoms with E-state index in [0.717, 1.165) is 0 Å². The van der Waals surface area contributed by atoms with Crippen LogP contribution in [0, 0.1) is 0 Å². The molecule has 1 aromatic rings. The molecule has 1 amide bonds. The lowest BCUT2D eigenvalue weighted by Crippen LogP contribution is -2.45. The van der Waals surface area contributed by atoms with E-state index in [0.29, 0.717) is 18.1 Å². The molecule has 2 rings (SSSR count). The van der Waals surface area contributed by atoms with Gasteiger partial charge in [-0.2, -0.15) is 0 Å². The molecule has 6 nitrogen and oxygen atoms in total. The maximum Gasteiger partial charge on any atom is 0.331 e. The number of hydrogen-bond donors (Lipinski definition) is 2. The van der Waals surface area contributed by atoms with Crippen molar-refractivity contribution in [3.8, 4) is 0 Å². The van der Waals surface area contributed by atoms with Gasteiger partial charge in [0, 0.05) is 4.88 Å². The Bertz CT molecular complexity index is 413. The van der Waals surface area contributed by atoms with Crippen LogP contribution in [0.3, 0.4) is 0 Å². The highest BCUT2D eigenvalue weighted by atomic mass is 32.1. The summed E-state index contributed by atoms with van der Waals surface area (Å²) in [5, 5.41) is 13.3. The molecule has 0 spiro atoms. The summed E-state index contributed by atoms with van der Waals surface area (Å²) in [6, 6.07) is 2.37. The van der Waals surface area contributed by atoms with Crippen molar-refractivity contribution >= 4 is 23.2 Å². The van der Waals surface area contributed by atoms with Gasteiger partial charge in [-0.25, -0.2) is 4.79 Å². The van der Waals surface area contributed by atoms with Gasteiger partial charge in [-0.15, -0.1) is 11.3 Å². The molecule has 2 unspecified atom stereocenters. The second-order valence-electron chi connectivity index (χ2n) is 3.73. The summed E-state index contributed by atoms with van der Waals surface area (Å²) in [5.41, 5.74) is 0. The Balaban J connectivity index is 2.00. The number of carboxylic acids is 1. The number of nitrogens with one attached hydrogen (secondary N) is 1. The van der Waals surface area contributed by atoms with E-state index < -0.39 is 24.0 Å². The minimum absolute atomic E-state index is 0.155. The predicted octanol–water partition coefficient (Wildman–Crippen LogP) is 0.405. The fraction of sp³-hybridized carbons (Fsp3) is 0.455. The molecule has 1 aliphatic rings. The van der Waals surface area contributed by atoms with Crippen molar-refractivity contribution in [3.05, 3.63) is 22.4 Å². The van der Waals surface area contributed by atoms with Crippen molar-refractivity contribution in [2.24, 2.45) is 0 Å². The van der Waals surface area contributed by atoms with Crippen LogP contribution in [-0.4, -0.2) is 42.9 Å². The standard InChI is InChI=1S/C11H13NO5S/c13-10(7-6-16-3-4-17-7)12-9(11(14)15)8-2-1-5-18-8/h1-2,5,7,9H,3-4,6H2,(H,12,13)(H,14,15). The van der Waals surface area contributed by atoms with Crippen LogP contribution in [0.4, 0.5) is 0 Å². The zero-order chi connectivity index (χ0) is 13.0. The van der Waals surface area contributed by atoms with Gasteiger partial charge in [0.05, 0.1) is 19.8 Å². The molecule has 0 aliphatic carbocycles. The second kappa shape index (κ2) is 5.94. The van der Waals surface area contributed by atoms with Gasteiger partial charge in [0.1, 0.15) is 0 Å². The maximum absolute atomic E-state index is 11.8. The van der Waals surface area contributed by atoms with Gasteiger partial charge < -0.3 is 19.9 Å². The van der Waals surface area contributed by atoms with Crippen LogP contribution >= 0.6 is 11.3 Å². The van der Waals surface area contributed by atoms with Gasteiger partial charge in [0.2, 0.25) is 0 Å². The Morgan fingerprint density at radius 2 is 2.33 bits per heavy atom. The van der Waals surface area contributed by atoms with Crippen LogP contribution in [0.15, 0.2) is 17.5 Å². The minimum Gasteiger partial charge on any atom is -0.479 e. The maximum atomic E-state index is 11.8. The first kappa shape index (κ1) is 13.0. The summed E-state index contributed by atoms with van der Waals surface area (Å²) in [7, 11) is 0. The van der Waals surface area contributed by atoms with E-state index in [-0.39, 0.29) is 6.61 Å². The average molecular weight is 271 g/mol. The Morgan fingerprint density at radius 3 is 2.89 bits per heavy atom. The largest absolute Gasteiger partial charge is 0.479 e. The fourth-order valence-electron chi connectivity index (χ4n) is 1.58. The van der Waals surface area contributed by atoms with E-state index in [9.17, 15) is 9.59 Å². The Labute approximate surface area is 108 Å². The van der Waals surface area contributed by atoms with Crippen molar-refractivity contribution in [3.63, 3.8) is 0 Å². The zero-order valence-corrected chi connectivity index (χ0v) is 10.3. The predicted molar refractivity (Wildman–Crippen MR) is 63.4 cm³/mol. The number of hydrogen-bond acceptors (Lipinski definition) is 5. The summed E-state index contributed by atoms with van der Waals surface area (Å²) in [5.74, 6) is -1.56. The highest BCUT2D eigenvalue weighted by Gasteiger charge is 2.29. The monoisotopic (exact) mass is 271 g/mol. The van der Waals surface area contributed by atoms with Gasteiger partial charge >= 0.3 is 5.97 Å². The highest BCUT2D eigenvalue weighted by Crippen LogP contribution is 2.19. The molecular weight excluding hydrogens is 258 g/mol. The zero-order valence-electron chi connectivity index (χ0n) is 9.50. The molecule has 0 radical (unpaired) electrons. The van der Waals surface area contributed by atoms with E-state index in [1.807, 2.05) is 0 Å². The van der Waals surface area contributed by atoms with Crippen LogP contribution in [0.25, 0.3) is 0 Å². The molecule has 2 heterocycles. The van der Waals surface area contributed by atoms with Gasteiger partial charge in [0.25, 0.3) is 5.91 Å². The van der Waals surface area contributed by atoms with Crippen molar-refractivity contribution in [1.29, 1.82) is 0 Å². The van der Waals surface area contributed by atoms with Crippen LogP contribution in [-0.2, 0) is 19.1 Å². The fourth-order valence-corrected chi connectivity index (χ4v) is 2.35. The lowest BCUT2D eigenvalue weighted by atomic mass is 10.2. The molecule has 1 aliphatic heterocycles. The molecular formula is C11H13NO5S. The molecule has 7 heteroatoms. The Hall–Kier alpha value is -1.44. The minimum atomic E-state index is -1.09. The molecule has 98 valence electrons. The second-order valence-corrected chi connectivity index (χ2v) is 4.71. The molecule has 0 bridgehead atoms. The summed E-state index contributed by atoms with van der Waals surface area (Å²) >= 11 is 1.28. The molecule has 0 saturated carbocycles. The summed E-state index contributed by atoms with van der Waals surface area (Å²) in [4.78, 5) is 23.5. The molecule has 1 aromatic heterocycles. The third-order valence-corrected chi connectivity index (χ3v) is 3.41.